The zero-order valence-electron chi connectivity index (χ0n) is 10.7. The molecule has 2 rings (SSSR count). The van der Waals surface area contributed by atoms with Gasteiger partial charge >= 0.3 is 0 Å². The molecule has 2 aromatic rings. The SMILES string of the molecule is CCN(CCc1ccc(N)cn1)c1ccccc1. The van der Waals surface area contributed by atoms with Crippen LogP contribution >= 0.6 is 0 Å². The number of benzene rings is 1. The zero-order chi connectivity index (χ0) is 12.8. The fourth-order valence-electron chi connectivity index (χ4n) is 1.94. The number of hydrogen-bond donors (Lipinski definition) is 1. The molecule has 0 fully saturated rings. The van der Waals surface area contributed by atoms with Gasteiger partial charge in [-0.2, -0.15) is 0 Å². The summed E-state index contributed by atoms with van der Waals surface area (Å²) in [6.45, 7) is 4.14. The number of rotatable bonds is 5. The van der Waals surface area contributed by atoms with Gasteiger partial charge in [0.1, 0.15) is 0 Å². The van der Waals surface area contributed by atoms with Crippen molar-refractivity contribution in [2.24, 2.45) is 0 Å². The lowest BCUT2D eigenvalue weighted by Gasteiger charge is -2.22. The number of nitrogens with zero attached hydrogens (tertiary/aromatic N) is 2. The molecule has 0 saturated heterocycles. The predicted octanol–water partition coefficient (Wildman–Crippen LogP) is 2.73. The second kappa shape index (κ2) is 6.05. The van der Waals surface area contributed by atoms with Crippen LogP contribution in [0.2, 0.25) is 0 Å². The molecule has 0 saturated carbocycles. The van der Waals surface area contributed by atoms with Crippen LogP contribution in [0.15, 0.2) is 48.7 Å². The number of nitrogen functional groups attached to an aromatic ring is 1. The first-order valence-electron chi connectivity index (χ1n) is 6.30. The van der Waals surface area contributed by atoms with Crippen LogP contribution < -0.4 is 10.6 Å². The van der Waals surface area contributed by atoms with Crippen molar-refractivity contribution >= 4 is 11.4 Å². The summed E-state index contributed by atoms with van der Waals surface area (Å²) in [5, 5.41) is 0. The van der Waals surface area contributed by atoms with Crippen LogP contribution in [0.5, 0.6) is 0 Å². The van der Waals surface area contributed by atoms with Crippen molar-refractivity contribution in [1.82, 2.24) is 4.98 Å². The summed E-state index contributed by atoms with van der Waals surface area (Å²) in [7, 11) is 0. The van der Waals surface area contributed by atoms with Crippen molar-refractivity contribution in [2.75, 3.05) is 23.7 Å². The molecule has 0 aliphatic heterocycles. The summed E-state index contributed by atoms with van der Waals surface area (Å²) in [5.74, 6) is 0. The lowest BCUT2D eigenvalue weighted by atomic mass is 10.2. The highest BCUT2D eigenvalue weighted by Gasteiger charge is 2.04. The predicted molar refractivity (Wildman–Crippen MR) is 76.7 cm³/mol. The van der Waals surface area contributed by atoms with E-state index in [1.807, 2.05) is 18.2 Å². The monoisotopic (exact) mass is 241 g/mol. The van der Waals surface area contributed by atoms with E-state index in [-0.39, 0.29) is 0 Å². The van der Waals surface area contributed by atoms with E-state index in [1.165, 1.54) is 5.69 Å². The fraction of sp³-hybridized carbons (Fsp3) is 0.267. The summed E-state index contributed by atoms with van der Waals surface area (Å²) < 4.78 is 0. The van der Waals surface area contributed by atoms with Gasteiger partial charge in [-0.15, -0.1) is 0 Å². The lowest BCUT2D eigenvalue weighted by Crippen LogP contribution is -2.25. The maximum absolute atomic E-state index is 5.63. The van der Waals surface area contributed by atoms with Gasteiger partial charge in [0.05, 0.1) is 11.9 Å². The Morgan fingerprint density at radius 1 is 1.11 bits per heavy atom. The second-order valence-electron chi connectivity index (χ2n) is 4.25. The normalized spacial score (nSPS) is 10.3. The topological polar surface area (TPSA) is 42.1 Å². The highest BCUT2D eigenvalue weighted by molar-refractivity contribution is 5.46. The number of anilines is 2. The van der Waals surface area contributed by atoms with Crippen LogP contribution in [0.1, 0.15) is 12.6 Å². The second-order valence-corrected chi connectivity index (χ2v) is 4.25. The van der Waals surface area contributed by atoms with Gasteiger partial charge in [0.25, 0.3) is 0 Å². The van der Waals surface area contributed by atoms with Gasteiger partial charge in [0, 0.05) is 30.9 Å². The summed E-state index contributed by atoms with van der Waals surface area (Å²) >= 11 is 0. The minimum absolute atomic E-state index is 0.717. The summed E-state index contributed by atoms with van der Waals surface area (Å²) in [5.41, 5.74) is 8.69. The van der Waals surface area contributed by atoms with Gasteiger partial charge in [0.2, 0.25) is 0 Å². The summed E-state index contributed by atoms with van der Waals surface area (Å²) in [4.78, 5) is 6.67. The van der Waals surface area contributed by atoms with Crippen LogP contribution in [-0.4, -0.2) is 18.1 Å². The molecule has 0 radical (unpaired) electrons. The van der Waals surface area contributed by atoms with Crippen LogP contribution in [-0.2, 0) is 6.42 Å². The zero-order valence-corrected chi connectivity index (χ0v) is 10.7. The van der Waals surface area contributed by atoms with Gasteiger partial charge in [-0.05, 0) is 31.2 Å². The van der Waals surface area contributed by atoms with E-state index in [0.29, 0.717) is 5.69 Å². The van der Waals surface area contributed by atoms with Gasteiger partial charge in [-0.25, -0.2) is 0 Å². The molecule has 1 aromatic heterocycles. The Hall–Kier alpha value is -2.03. The molecule has 0 amide bonds. The molecule has 2 N–H and O–H groups in total. The first-order valence-corrected chi connectivity index (χ1v) is 6.30. The minimum atomic E-state index is 0.717. The molecule has 0 spiro atoms. The molecule has 1 heterocycles. The van der Waals surface area contributed by atoms with Crippen molar-refractivity contribution in [2.45, 2.75) is 13.3 Å². The molecule has 94 valence electrons. The Bertz CT molecular complexity index is 465. The van der Waals surface area contributed by atoms with Crippen molar-refractivity contribution in [3.8, 4) is 0 Å². The fourth-order valence-corrected chi connectivity index (χ4v) is 1.94. The highest BCUT2D eigenvalue weighted by atomic mass is 15.1. The molecule has 0 bridgehead atoms. The average molecular weight is 241 g/mol. The number of hydrogen-bond acceptors (Lipinski definition) is 3. The molecular formula is C15H19N3. The summed E-state index contributed by atoms with van der Waals surface area (Å²) in [6.07, 6.45) is 2.65. The minimum Gasteiger partial charge on any atom is -0.397 e. The highest BCUT2D eigenvalue weighted by Crippen LogP contribution is 2.13. The third kappa shape index (κ3) is 3.23. The quantitative estimate of drug-likeness (QED) is 0.875. The first-order chi connectivity index (χ1) is 8.79. The first kappa shape index (κ1) is 12.4. The number of likely N-dealkylation sites (N-methyl/N-ethyl adjacent to an activating group) is 1. The lowest BCUT2D eigenvalue weighted by molar-refractivity contribution is 0.795. The number of nitrogens with two attached hydrogens (primary N) is 1. The average Bonchev–Trinajstić information content (AvgIpc) is 2.43. The molecule has 18 heavy (non-hydrogen) atoms. The maximum Gasteiger partial charge on any atom is 0.0501 e. The number of pyridine rings is 1. The maximum atomic E-state index is 5.63. The van der Waals surface area contributed by atoms with Crippen molar-refractivity contribution < 1.29 is 0 Å². The summed E-state index contributed by atoms with van der Waals surface area (Å²) in [6, 6.07) is 14.4. The van der Waals surface area contributed by atoms with Gasteiger partial charge in [0.15, 0.2) is 0 Å². The smallest absolute Gasteiger partial charge is 0.0501 e. The molecule has 0 aliphatic rings. The standard InChI is InChI=1S/C15H19N3/c1-2-18(15-6-4-3-5-7-15)11-10-14-9-8-13(16)12-17-14/h3-9,12H,2,10-11,16H2,1H3. The Kier molecular flexibility index (Phi) is 4.18. The van der Waals surface area contributed by atoms with E-state index < -0.39 is 0 Å². The molecule has 0 aliphatic carbocycles. The molecule has 3 nitrogen and oxygen atoms in total. The molecular weight excluding hydrogens is 222 g/mol. The Morgan fingerprint density at radius 2 is 1.89 bits per heavy atom. The molecule has 1 aromatic carbocycles. The van der Waals surface area contributed by atoms with E-state index >= 15 is 0 Å². The van der Waals surface area contributed by atoms with Crippen LogP contribution in [0.3, 0.4) is 0 Å². The van der Waals surface area contributed by atoms with Gasteiger partial charge in [-0.3, -0.25) is 4.98 Å². The molecule has 3 heteroatoms. The van der Waals surface area contributed by atoms with Crippen molar-refractivity contribution in [3.63, 3.8) is 0 Å². The number of para-hydroxylation sites is 1. The van der Waals surface area contributed by atoms with Crippen molar-refractivity contribution in [3.05, 3.63) is 54.4 Å². The van der Waals surface area contributed by atoms with E-state index in [1.54, 1.807) is 6.20 Å². The van der Waals surface area contributed by atoms with E-state index in [2.05, 4.69) is 41.1 Å². The Balaban J connectivity index is 1.97. The Morgan fingerprint density at radius 3 is 2.50 bits per heavy atom. The van der Waals surface area contributed by atoms with Gasteiger partial charge < -0.3 is 10.6 Å². The third-order valence-corrected chi connectivity index (χ3v) is 2.99. The van der Waals surface area contributed by atoms with E-state index in [0.717, 1.165) is 25.2 Å². The van der Waals surface area contributed by atoms with Crippen LogP contribution in [0.4, 0.5) is 11.4 Å². The van der Waals surface area contributed by atoms with E-state index in [9.17, 15) is 0 Å². The molecule has 0 atom stereocenters. The van der Waals surface area contributed by atoms with Gasteiger partial charge in [-0.1, -0.05) is 18.2 Å². The van der Waals surface area contributed by atoms with Crippen LogP contribution in [0.25, 0.3) is 0 Å². The number of aromatic nitrogens is 1. The molecule has 0 unspecified atom stereocenters. The van der Waals surface area contributed by atoms with Crippen molar-refractivity contribution in [1.29, 1.82) is 0 Å². The Labute approximate surface area is 108 Å². The third-order valence-electron chi connectivity index (χ3n) is 2.99. The van der Waals surface area contributed by atoms with E-state index in [4.69, 9.17) is 5.73 Å². The van der Waals surface area contributed by atoms with Crippen LogP contribution in [0, 0.1) is 0 Å². The largest absolute Gasteiger partial charge is 0.397 e.